The van der Waals surface area contributed by atoms with Gasteiger partial charge >= 0.3 is 18.1 Å². The number of carbonyl (C=O) groups is 2. The van der Waals surface area contributed by atoms with Crippen molar-refractivity contribution in [1.82, 2.24) is 24.7 Å². The first-order valence-corrected chi connectivity index (χ1v) is 15.7. The summed E-state index contributed by atoms with van der Waals surface area (Å²) >= 11 is 0. The van der Waals surface area contributed by atoms with Crippen LogP contribution < -0.4 is 10.6 Å². The molecule has 0 aliphatic carbocycles. The maximum Gasteiger partial charge on any atom is 0.419 e. The van der Waals surface area contributed by atoms with Gasteiger partial charge in [-0.2, -0.15) is 18.3 Å². The number of benzene rings is 2. The van der Waals surface area contributed by atoms with E-state index in [0.717, 1.165) is 29.2 Å². The number of rotatable bonds is 10. The van der Waals surface area contributed by atoms with Gasteiger partial charge < -0.3 is 25.5 Å². The SMILES string of the molecule is CCc1cccc(CC)c1-n1nc2c(c1-c1c(F)cc(COC(=O)[C@@H](N)CC(=O)O)c3[nH]ccc13)CN(c1ncc(C(F)(F)F)cn1)CC2. The molecule has 3 aromatic heterocycles. The van der Waals surface area contributed by atoms with Gasteiger partial charge in [-0.25, -0.2) is 19.0 Å². The average molecular weight is 680 g/mol. The van der Waals surface area contributed by atoms with E-state index in [0.29, 0.717) is 59.2 Å². The quantitative estimate of drug-likeness (QED) is 0.128. The molecule has 4 heterocycles. The molecule has 4 N–H and O–H groups in total. The van der Waals surface area contributed by atoms with Crippen molar-refractivity contribution in [2.75, 3.05) is 11.4 Å². The highest BCUT2D eigenvalue weighted by Gasteiger charge is 2.34. The Morgan fingerprint density at radius 1 is 1.10 bits per heavy atom. The Bertz CT molecular complexity index is 2020. The molecule has 0 saturated heterocycles. The van der Waals surface area contributed by atoms with Crippen LogP contribution in [0.1, 0.15) is 53.8 Å². The number of hydrogen-bond acceptors (Lipinski definition) is 8. The summed E-state index contributed by atoms with van der Waals surface area (Å²) in [5.74, 6) is -2.73. The van der Waals surface area contributed by atoms with E-state index in [1.165, 1.54) is 6.07 Å². The van der Waals surface area contributed by atoms with Gasteiger partial charge in [0.25, 0.3) is 0 Å². The average Bonchev–Trinajstić information content (AvgIpc) is 3.71. The zero-order chi connectivity index (χ0) is 35.0. The number of aromatic nitrogens is 5. The van der Waals surface area contributed by atoms with Crippen LogP contribution in [0.5, 0.6) is 0 Å². The molecule has 0 radical (unpaired) electrons. The van der Waals surface area contributed by atoms with Gasteiger partial charge in [0.05, 0.1) is 34.6 Å². The van der Waals surface area contributed by atoms with E-state index in [1.54, 1.807) is 21.8 Å². The maximum atomic E-state index is 16.6. The molecule has 256 valence electrons. The van der Waals surface area contributed by atoms with Crippen LogP contribution in [0.3, 0.4) is 0 Å². The fourth-order valence-electron chi connectivity index (χ4n) is 6.23. The minimum absolute atomic E-state index is 0.103. The molecule has 6 rings (SSSR count). The highest BCUT2D eigenvalue weighted by molar-refractivity contribution is 5.98. The maximum absolute atomic E-state index is 16.6. The lowest BCUT2D eigenvalue weighted by molar-refractivity contribution is -0.150. The standard InChI is InChI=1S/C34H33F4N7O4/c1-3-18-6-5-7-19(4-2)30(18)45-31(23-16-44(11-9-26(23)43-45)33-41-14-21(15-42-33)34(36,37)38)28-22-8-10-40-29(22)20(12-24(28)35)17-49-32(48)25(39)13-27(46)47/h5-8,10,12,14-15,25,40H,3-4,9,11,13,16-17,39H2,1-2H3,(H,46,47)/t25-/m0/s1. The lowest BCUT2D eigenvalue weighted by Gasteiger charge is -2.27. The summed E-state index contributed by atoms with van der Waals surface area (Å²) in [4.78, 5) is 36.2. The second-order valence-electron chi connectivity index (χ2n) is 11.7. The fraction of sp³-hybridized carbons (Fsp3) is 0.324. The number of fused-ring (bicyclic) bond motifs is 2. The van der Waals surface area contributed by atoms with Crippen LogP contribution in [0.25, 0.3) is 27.8 Å². The number of carboxylic acid groups (broad SMARTS) is 1. The number of para-hydroxylation sites is 1. The summed E-state index contributed by atoms with van der Waals surface area (Å²) in [5, 5.41) is 14.5. The summed E-state index contributed by atoms with van der Waals surface area (Å²) in [5.41, 5.74) is 10.4. The highest BCUT2D eigenvalue weighted by atomic mass is 19.4. The van der Waals surface area contributed by atoms with E-state index in [1.807, 2.05) is 32.0 Å². The summed E-state index contributed by atoms with van der Waals surface area (Å²) < 4.78 is 63.4. The number of carboxylic acids is 1. The van der Waals surface area contributed by atoms with Crippen molar-refractivity contribution in [3.63, 3.8) is 0 Å². The third-order valence-corrected chi connectivity index (χ3v) is 8.64. The largest absolute Gasteiger partial charge is 0.481 e. The van der Waals surface area contributed by atoms with Crippen molar-refractivity contribution in [3.8, 4) is 16.9 Å². The Hall–Kier alpha value is -5.31. The van der Waals surface area contributed by atoms with Crippen LogP contribution in [0.15, 0.2) is 48.9 Å². The van der Waals surface area contributed by atoms with Gasteiger partial charge in [-0.1, -0.05) is 32.0 Å². The lowest BCUT2D eigenvalue weighted by Crippen LogP contribution is -2.34. The number of halogens is 4. The number of H-pyrrole nitrogens is 1. The zero-order valence-corrected chi connectivity index (χ0v) is 26.6. The molecule has 0 saturated carbocycles. The lowest BCUT2D eigenvalue weighted by atomic mass is 9.95. The van der Waals surface area contributed by atoms with Gasteiger partial charge in [-0.15, -0.1) is 0 Å². The van der Waals surface area contributed by atoms with Crippen LogP contribution >= 0.6 is 0 Å². The van der Waals surface area contributed by atoms with Gasteiger partial charge in [0, 0.05) is 60.2 Å². The molecule has 0 bridgehead atoms. The molecule has 0 fully saturated rings. The van der Waals surface area contributed by atoms with E-state index in [-0.39, 0.29) is 24.7 Å². The predicted octanol–water partition coefficient (Wildman–Crippen LogP) is 5.50. The minimum atomic E-state index is -4.58. The Balaban J connectivity index is 1.49. The number of aryl methyl sites for hydroxylation is 2. The molecule has 0 amide bonds. The van der Waals surface area contributed by atoms with Crippen LogP contribution in [0.4, 0.5) is 23.5 Å². The first kappa shape index (κ1) is 33.6. The van der Waals surface area contributed by atoms with E-state index in [9.17, 15) is 22.8 Å². The number of ether oxygens (including phenoxy) is 1. The van der Waals surface area contributed by atoms with Crippen LogP contribution in [0, 0.1) is 5.82 Å². The second-order valence-corrected chi connectivity index (χ2v) is 11.7. The summed E-state index contributed by atoms with van der Waals surface area (Å²) in [6.07, 6.45) is -0.330. The number of alkyl halides is 3. The van der Waals surface area contributed by atoms with E-state index in [2.05, 4.69) is 15.0 Å². The number of hydrogen-bond donors (Lipinski definition) is 3. The molecule has 2 aromatic carbocycles. The first-order valence-electron chi connectivity index (χ1n) is 15.7. The van der Waals surface area contributed by atoms with Crippen molar-refractivity contribution in [1.29, 1.82) is 0 Å². The molecule has 0 unspecified atom stereocenters. The predicted molar refractivity (Wildman–Crippen MR) is 171 cm³/mol. The molecule has 1 aliphatic rings. The smallest absolute Gasteiger partial charge is 0.419 e. The highest BCUT2D eigenvalue weighted by Crippen LogP contribution is 2.41. The molecule has 1 aliphatic heterocycles. The van der Waals surface area contributed by atoms with Gasteiger partial charge in [0.1, 0.15) is 18.5 Å². The number of anilines is 1. The topological polar surface area (TPSA) is 152 Å². The molecular weight excluding hydrogens is 646 g/mol. The number of carbonyl (C=O) groups excluding carboxylic acids is 1. The van der Waals surface area contributed by atoms with Crippen molar-refractivity contribution >= 4 is 28.8 Å². The van der Waals surface area contributed by atoms with Crippen molar-refractivity contribution in [3.05, 3.63) is 88.3 Å². The number of aliphatic carboxylic acids is 1. The molecular formula is C34H33F4N7O4. The van der Waals surface area contributed by atoms with Gasteiger partial charge in [-0.05, 0) is 36.1 Å². The van der Waals surface area contributed by atoms with Crippen molar-refractivity contribution in [2.24, 2.45) is 5.73 Å². The molecule has 5 aromatic rings. The Labute approximate surface area is 277 Å². The molecule has 15 heteroatoms. The minimum Gasteiger partial charge on any atom is -0.481 e. The molecule has 1 atom stereocenters. The van der Waals surface area contributed by atoms with E-state index < -0.39 is 42.0 Å². The van der Waals surface area contributed by atoms with Crippen molar-refractivity contribution in [2.45, 2.75) is 64.9 Å². The monoisotopic (exact) mass is 679 g/mol. The summed E-state index contributed by atoms with van der Waals surface area (Å²) in [7, 11) is 0. The van der Waals surface area contributed by atoms with E-state index >= 15 is 4.39 Å². The van der Waals surface area contributed by atoms with Gasteiger partial charge in [-0.3, -0.25) is 9.59 Å². The third-order valence-electron chi connectivity index (χ3n) is 8.64. The zero-order valence-electron chi connectivity index (χ0n) is 26.6. The Morgan fingerprint density at radius 2 is 1.80 bits per heavy atom. The number of nitrogens with two attached hydrogens (primary N) is 1. The van der Waals surface area contributed by atoms with Gasteiger partial charge in [0.15, 0.2) is 0 Å². The third kappa shape index (κ3) is 6.45. The molecule has 11 nitrogen and oxygen atoms in total. The van der Waals surface area contributed by atoms with Crippen molar-refractivity contribution < 1.29 is 37.0 Å². The number of nitrogens with zero attached hydrogens (tertiary/aromatic N) is 5. The van der Waals surface area contributed by atoms with Crippen LogP contribution in [0.2, 0.25) is 0 Å². The summed E-state index contributed by atoms with van der Waals surface area (Å²) in [6.45, 7) is 4.21. The van der Waals surface area contributed by atoms with E-state index in [4.69, 9.17) is 20.7 Å². The number of aromatic amines is 1. The van der Waals surface area contributed by atoms with Crippen LogP contribution in [-0.2, 0) is 52.9 Å². The Morgan fingerprint density at radius 3 is 2.43 bits per heavy atom. The fourth-order valence-corrected chi connectivity index (χ4v) is 6.23. The Kier molecular flexibility index (Phi) is 9.12. The number of esters is 1. The van der Waals surface area contributed by atoms with Crippen LogP contribution in [-0.4, -0.2) is 54.4 Å². The molecule has 49 heavy (non-hydrogen) atoms. The number of nitrogens with one attached hydrogen (secondary N) is 1. The summed E-state index contributed by atoms with van der Waals surface area (Å²) in [6, 6.07) is 7.53. The first-order chi connectivity index (χ1) is 23.4. The molecule has 0 spiro atoms. The van der Waals surface area contributed by atoms with Gasteiger partial charge in [0.2, 0.25) is 5.95 Å². The normalized spacial score (nSPS) is 13.8. The second kappa shape index (κ2) is 13.3.